The Balaban J connectivity index is 0.000000765. The van der Waals surface area contributed by atoms with Crippen molar-refractivity contribution in [2.75, 3.05) is 44.8 Å². The highest BCUT2D eigenvalue weighted by atomic mass is 32.2. The number of amides is 1. The zero-order chi connectivity index (χ0) is 34.2. The molecule has 6 N–H and O–H groups in total. The minimum Gasteiger partial charge on any atom is -0.434 e. The molecule has 0 spiro atoms. The van der Waals surface area contributed by atoms with Crippen LogP contribution in [0.5, 0.6) is 5.75 Å². The third-order valence-electron chi connectivity index (χ3n) is 8.08. The summed E-state index contributed by atoms with van der Waals surface area (Å²) in [5.74, 6) is 5.69. The van der Waals surface area contributed by atoms with Gasteiger partial charge in [-0.15, -0.1) is 11.8 Å². The predicted octanol–water partition coefficient (Wildman–Crippen LogP) is 3.46. The van der Waals surface area contributed by atoms with Crippen molar-refractivity contribution in [2.45, 2.75) is 55.0 Å². The Kier molecular flexibility index (Phi) is 11.6. The van der Waals surface area contributed by atoms with Crippen LogP contribution in [0.15, 0.2) is 65.8 Å². The summed E-state index contributed by atoms with van der Waals surface area (Å²) in [7, 11) is 0. The molecule has 3 fully saturated rings. The fourth-order valence-electron chi connectivity index (χ4n) is 5.55. The highest BCUT2D eigenvalue weighted by Gasteiger charge is 2.25. The number of rotatable bonds is 11. The van der Waals surface area contributed by atoms with Gasteiger partial charge in [-0.1, -0.05) is 0 Å². The van der Waals surface area contributed by atoms with Crippen LogP contribution in [0.3, 0.4) is 0 Å². The van der Waals surface area contributed by atoms with E-state index in [9.17, 15) is 13.6 Å². The summed E-state index contributed by atoms with van der Waals surface area (Å²) >= 11 is 1.56. The van der Waals surface area contributed by atoms with Gasteiger partial charge in [-0.2, -0.15) is 19.0 Å². The van der Waals surface area contributed by atoms with Crippen molar-refractivity contribution in [2.24, 2.45) is 11.6 Å². The SMILES string of the molecule is C1CCOC1.N/C(=C\N(N)C1CCNCC1)Cn1cc(NC(=O)c2cnn3cccnc23)c(-c2cc(SC3COC3)ccc2OC(F)F)n1. The molecule has 3 aliphatic heterocycles. The first-order valence-corrected chi connectivity index (χ1v) is 17.0. The molecule has 3 saturated heterocycles. The van der Waals surface area contributed by atoms with E-state index in [2.05, 4.69) is 25.8 Å². The molecule has 0 saturated carbocycles. The summed E-state index contributed by atoms with van der Waals surface area (Å²) in [4.78, 5) is 18.5. The summed E-state index contributed by atoms with van der Waals surface area (Å²) in [6.45, 7) is 1.99. The molecule has 7 rings (SSSR count). The molecule has 0 bridgehead atoms. The van der Waals surface area contributed by atoms with E-state index in [-0.39, 0.29) is 46.1 Å². The molecule has 0 radical (unpaired) electrons. The van der Waals surface area contributed by atoms with E-state index in [4.69, 9.17) is 25.8 Å². The lowest BCUT2D eigenvalue weighted by molar-refractivity contribution is -0.0494. The van der Waals surface area contributed by atoms with E-state index < -0.39 is 12.5 Å². The van der Waals surface area contributed by atoms with Crippen LogP contribution >= 0.6 is 11.8 Å². The van der Waals surface area contributed by atoms with Crippen molar-refractivity contribution in [1.82, 2.24) is 34.7 Å². The van der Waals surface area contributed by atoms with Gasteiger partial charge in [0, 0.05) is 60.2 Å². The van der Waals surface area contributed by atoms with Crippen molar-refractivity contribution in [3.05, 3.63) is 66.5 Å². The van der Waals surface area contributed by atoms with Gasteiger partial charge in [0.2, 0.25) is 0 Å². The summed E-state index contributed by atoms with van der Waals surface area (Å²) in [6.07, 6.45) is 12.2. The number of allylic oxidation sites excluding steroid dienone is 1. The van der Waals surface area contributed by atoms with Crippen LogP contribution in [-0.4, -0.2) is 92.7 Å². The molecular formula is C32H40F2N10O4S. The van der Waals surface area contributed by atoms with E-state index in [1.807, 2.05) is 0 Å². The van der Waals surface area contributed by atoms with E-state index >= 15 is 0 Å². The number of hydrogen-bond donors (Lipinski definition) is 4. The number of piperidine rings is 1. The van der Waals surface area contributed by atoms with Crippen molar-refractivity contribution >= 4 is 29.0 Å². The topological polar surface area (TPSA) is 172 Å². The Morgan fingerprint density at radius 3 is 2.71 bits per heavy atom. The second-order valence-corrected chi connectivity index (χ2v) is 13.1. The van der Waals surface area contributed by atoms with Gasteiger partial charge in [0.15, 0.2) is 5.65 Å². The van der Waals surface area contributed by atoms with Crippen molar-refractivity contribution in [3.63, 3.8) is 0 Å². The first-order valence-electron chi connectivity index (χ1n) is 16.1. The molecule has 4 aromatic rings. The third kappa shape index (κ3) is 9.04. The van der Waals surface area contributed by atoms with E-state index in [0.29, 0.717) is 24.6 Å². The maximum absolute atomic E-state index is 13.5. The van der Waals surface area contributed by atoms with E-state index in [1.54, 1.807) is 59.8 Å². The van der Waals surface area contributed by atoms with Crippen molar-refractivity contribution in [1.29, 1.82) is 0 Å². The van der Waals surface area contributed by atoms with Crippen molar-refractivity contribution < 1.29 is 27.8 Å². The van der Waals surface area contributed by atoms with Gasteiger partial charge < -0.3 is 35.6 Å². The van der Waals surface area contributed by atoms with Crippen LogP contribution in [0.4, 0.5) is 14.5 Å². The first-order chi connectivity index (χ1) is 23.8. The molecule has 1 aromatic carbocycles. The number of carbonyl (C=O) groups is 1. The minimum absolute atomic E-state index is 0.0878. The number of nitrogens with zero attached hydrogens (tertiary/aromatic N) is 6. The highest BCUT2D eigenvalue weighted by Crippen LogP contribution is 2.39. The number of anilines is 1. The number of aromatic nitrogens is 5. The molecule has 6 heterocycles. The number of carbonyl (C=O) groups excluding carboxylic acids is 1. The molecule has 0 aliphatic carbocycles. The molecule has 0 unspecified atom stereocenters. The number of benzene rings is 1. The third-order valence-corrected chi connectivity index (χ3v) is 9.21. The number of fused-ring (bicyclic) bond motifs is 1. The molecule has 262 valence electrons. The molecule has 3 aliphatic rings. The molecular weight excluding hydrogens is 658 g/mol. The molecule has 1 amide bonds. The van der Waals surface area contributed by atoms with Crippen LogP contribution in [0.1, 0.15) is 36.0 Å². The number of nitrogens with one attached hydrogen (secondary N) is 2. The van der Waals surface area contributed by atoms with Crippen LogP contribution in [-0.2, 0) is 16.0 Å². The van der Waals surface area contributed by atoms with Gasteiger partial charge in [0.25, 0.3) is 5.91 Å². The molecule has 49 heavy (non-hydrogen) atoms. The maximum atomic E-state index is 13.5. The lowest BCUT2D eigenvalue weighted by Crippen LogP contribution is -2.44. The predicted molar refractivity (Wildman–Crippen MR) is 180 cm³/mol. The highest BCUT2D eigenvalue weighted by molar-refractivity contribution is 8.00. The molecule has 14 nitrogen and oxygen atoms in total. The zero-order valence-electron chi connectivity index (χ0n) is 26.8. The summed E-state index contributed by atoms with van der Waals surface area (Å²) < 4.78 is 45.1. The zero-order valence-corrected chi connectivity index (χ0v) is 27.7. The summed E-state index contributed by atoms with van der Waals surface area (Å²) in [5, 5.41) is 16.9. The lowest BCUT2D eigenvalue weighted by atomic mass is 10.1. The van der Waals surface area contributed by atoms with E-state index in [1.165, 1.54) is 34.3 Å². The minimum atomic E-state index is -3.07. The standard InChI is InChI=1S/C28H32F2N10O3S.C4H8O/c29-28(30)43-24-3-2-19(44-20-15-42-16-20)10-21(24)25-23(36-27(41)22-11-35-40-9-1-6-34-26(22)40)14-38(37-25)12-17(31)13-39(32)18-4-7-33-8-5-18;1-2-4-5-3-1/h1-3,6,9-11,13-14,18,20,28,33H,4-5,7-8,12,15-16,31-32H2,(H,36,41);1-4H2/b17-13-;. The Bertz CT molecular complexity index is 1730. The van der Waals surface area contributed by atoms with E-state index in [0.717, 1.165) is 44.0 Å². The van der Waals surface area contributed by atoms with Gasteiger partial charge in [0.05, 0.1) is 36.9 Å². The number of alkyl halides is 2. The fourth-order valence-corrected chi connectivity index (χ4v) is 6.60. The van der Waals surface area contributed by atoms with Crippen LogP contribution in [0.25, 0.3) is 16.9 Å². The van der Waals surface area contributed by atoms with Crippen LogP contribution < -0.4 is 26.9 Å². The van der Waals surface area contributed by atoms with Crippen molar-refractivity contribution in [3.8, 4) is 17.0 Å². The van der Waals surface area contributed by atoms with Gasteiger partial charge in [-0.05, 0) is 63.0 Å². The largest absolute Gasteiger partial charge is 0.434 e. The number of halogens is 2. The quantitative estimate of drug-likeness (QED) is 0.133. The van der Waals surface area contributed by atoms with Gasteiger partial charge in [0.1, 0.15) is 17.0 Å². The summed E-state index contributed by atoms with van der Waals surface area (Å²) in [6, 6.07) is 6.75. The number of hydrogen-bond acceptors (Lipinski definition) is 12. The monoisotopic (exact) mass is 698 g/mol. The van der Waals surface area contributed by atoms with Gasteiger partial charge >= 0.3 is 6.61 Å². The first kappa shape index (κ1) is 34.6. The molecule has 3 aromatic heterocycles. The number of nitrogens with two attached hydrogens (primary N) is 2. The average molecular weight is 699 g/mol. The maximum Gasteiger partial charge on any atom is 0.387 e. The number of hydrazine groups is 1. The molecule has 17 heteroatoms. The van der Waals surface area contributed by atoms with Gasteiger partial charge in [-0.3, -0.25) is 9.48 Å². The Morgan fingerprint density at radius 2 is 2.02 bits per heavy atom. The Hall–Kier alpha value is -4.29. The lowest BCUT2D eigenvalue weighted by Gasteiger charge is -2.30. The average Bonchev–Trinajstić information content (AvgIpc) is 3.86. The Labute approximate surface area is 286 Å². The second-order valence-electron chi connectivity index (χ2n) is 11.8. The Morgan fingerprint density at radius 1 is 1.22 bits per heavy atom. The summed E-state index contributed by atoms with van der Waals surface area (Å²) in [5.41, 5.74) is 8.13. The van der Waals surface area contributed by atoms with Gasteiger partial charge in [-0.25, -0.2) is 15.3 Å². The van der Waals surface area contributed by atoms with Crippen LogP contribution in [0.2, 0.25) is 0 Å². The molecule has 0 atom stereocenters. The number of ether oxygens (including phenoxy) is 3. The second kappa shape index (κ2) is 16.4. The normalized spacial score (nSPS) is 17.1. The smallest absolute Gasteiger partial charge is 0.387 e. The number of thioether (sulfide) groups is 1. The fraction of sp³-hybridized carbons (Fsp3) is 0.438. The van der Waals surface area contributed by atoms with Crippen LogP contribution in [0, 0.1) is 0 Å².